The number of aromatic amines is 1. The molecular formula is C15H18N4O5. The largest absolute Gasteiger partial charge is 0.494 e. The summed E-state index contributed by atoms with van der Waals surface area (Å²) >= 11 is 0. The molecule has 0 aliphatic rings. The van der Waals surface area contributed by atoms with Crippen LogP contribution in [0.2, 0.25) is 0 Å². The number of aromatic hydroxyl groups is 1. The van der Waals surface area contributed by atoms with Crippen molar-refractivity contribution in [2.75, 3.05) is 0 Å². The molecule has 0 bridgehead atoms. The Morgan fingerprint density at radius 1 is 1.50 bits per heavy atom. The fourth-order valence-corrected chi connectivity index (χ4v) is 1.96. The van der Waals surface area contributed by atoms with Gasteiger partial charge in [-0.05, 0) is 18.6 Å². The summed E-state index contributed by atoms with van der Waals surface area (Å²) in [5, 5.41) is 13.8. The molecule has 2 heterocycles. The van der Waals surface area contributed by atoms with Gasteiger partial charge in [-0.25, -0.2) is 10.2 Å². The van der Waals surface area contributed by atoms with E-state index < -0.39 is 17.1 Å². The number of hydrazone groups is 1. The number of aromatic nitrogens is 2. The normalized spacial score (nSPS) is 11.0. The summed E-state index contributed by atoms with van der Waals surface area (Å²) in [7, 11) is 0. The number of hydrogen-bond donors (Lipinski definition) is 3. The van der Waals surface area contributed by atoms with E-state index in [2.05, 4.69) is 15.5 Å². The van der Waals surface area contributed by atoms with Crippen LogP contribution >= 0.6 is 0 Å². The number of hydrogen-bond acceptors (Lipinski definition) is 6. The van der Waals surface area contributed by atoms with Gasteiger partial charge in [-0.1, -0.05) is 13.3 Å². The Morgan fingerprint density at radius 3 is 2.96 bits per heavy atom. The minimum Gasteiger partial charge on any atom is -0.494 e. The van der Waals surface area contributed by atoms with Gasteiger partial charge in [0, 0.05) is 6.42 Å². The maximum Gasteiger partial charge on any atom is 0.331 e. The SMILES string of the molecule is CCCCC(=O)N/N=C/c1c(O)n(Cc2ccco2)c(=O)[nH]c1=O. The quantitative estimate of drug-likeness (QED) is 0.502. The lowest BCUT2D eigenvalue weighted by atomic mass is 10.2. The molecule has 0 radical (unpaired) electrons. The van der Waals surface area contributed by atoms with Crippen LogP contribution in [0, 0.1) is 0 Å². The van der Waals surface area contributed by atoms with Gasteiger partial charge in [0.1, 0.15) is 11.3 Å². The average molecular weight is 334 g/mol. The summed E-state index contributed by atoms with van der Waals surface area (Å²) in [5.41, 5.74) is 0.436. The van der Waals surface area contributed by atoms with E-state index in [1.165, 1.54) is 6.26 Å². The number of nitrogens with one attached hydrogen (secondary N) is 2. The number of unbranched alkanes of at least 4 members (excludes halogenated alkanes) is 1. The van der Waals surface area contributed by atoms with Gasteiger partial charge >= 0.3 is 5.69 Å². The monoisotopic (exact) mass is 334 g/mol. The van der Waals surface area contributed by atoms with Gasteiger partial charge in [0.25, 0.3) is 5.56 Å². The molecule has 3 N–H and O–H groups in total. The molecule has 2 rings (SSSR count). The molecule has 1 amide bonds. The third kappa shape index (κ3) is 4.22. The van der Waals surface area contributed by atoms with E-state index in [-0.39, 0.29) is 18.0 Å². The van der Waals surface area contributed by atoms with Gasteiger partial charge in [0.05, 0.1) is 19.0 Å². The van der Waals surface area contributed by atoms with E-state index >= 15 is 0 Å². The molecule has 128 valence electrons. The third-order valence-corrected chi connectivity index (χ3v) is 3.24. The summed E-state index contributed by atoms with van der Waals surface area (Å²) in [5.74, 6) is -0.435. The fourth-order valence-electron chi connectivity index (χ4n) is 1.96. The minimum absolute atomic E-state index is 0.0574. The molecule has 2 aromatic heterocycles. The van der Waals surface area contributed by atoms with E-state index in [0.717, 1.165) is 23.6 Å². The first kappa shape index (κ1) is 17.3. The van der Waals surface area contributed by atoms with E-state index in [4.69, 9.17) is 4.42 Å². The van der Waals surface area contributed by atoms with Gasteiger partial charge in [-0.2, -0.15) is 5.10 Å². The summed E-state index contributed by atoms with van der Waals surface area (Å²) in [6.45, 7) is 1.90. The van der Waals surface area contributed by atoms with E-state index in [1.807, 2.05) is 6.92 Å². The average Bonchev–Trinajstić information content (AvgIpc) is 3.05. The van der Waals surface area contributed by atoms with Crippen LogP contribution in [-0.2, 0) is 11.3 Å². The lowest BCUT2D eigenvalue weighted by Crippen LogP contribution is -2.32. The van der Waals surface area contributed by atoms with Crippen LogP contribution in [-0.4, -0.2) is 26.8 Å². The molecule has 0 atom stereocenters. The highest BCUT2D eigenvalue weighted by atomic mass is 16.3. The van der Waals surface area contributed by atoms with Crippen LogP contribution in [0.25, 0.3) is 0 Å². The van der Waals surface area contributed by atoms with Gasteiger partial charge in [0.15, 0.2) is 0 Å². The molecular weight excluding hydrogens is 316 g/mol. The second kappa shape index (κ2) is 7.95. The summed E-state index contributed by atoms with van der Waals surface area (Å²) < 4.78 is 6.05. The van der Waals surface area contributed by atoms with Crippen LogP contribution < -0.4 is 16.7 Å². The van der Waals surface area contributed by atoms with E-state index in [9.17, 15) is 19.5 Å². The maximum atomic E-state index is 11.8. The predicted octanol–water partition coefficient (Wildman–Crippen LogP) is 0.524. The highest BCUT2D eigenvalue weighted by molar-refractivity contribution is 5.83. The number of amides is 1. The fraction of sp³-hybridized carbons (Fsp3) is 0.333. The number of carbonyl (C=O) groups is 1. The number of carbonyl (C=O) groups excluding carboxylic acids is 1. The van der Waals surface area contributed by atoms with Gasteiger partial charge in [-0.15, -0.1) is 0 Å². The first-order chi connectivity index (χ1) is 11.5. The zero-order valence-electron chi connectivity index (χ0n) is 13.1. The van der Waals surface area contributed by atoms with E-state index in [0.29, 0.717) is 12.2 Å². The molecule has 9 nitrogen and oxygen atoms in total. The van der Waals surface area contributed by atoms with Crippen molar-refractivity contribution >= 4 is 12.1 Å². The van der Waals surface area contributed by atoms with Crippen molar-refractivity contribution in [2.45, 2.75) is 32.7 Å². The Balaban J connectivity index is 2.22. The maximum absolute atomic E-state index is 11.8. The topological polar surface area (TPSA) is 130 Å². The second-order valence-electron chi connectivity index (χ2n) is 5.06. The second-order valence-corrected chi connectivity index (χ2v) is 5.06. The van der Waals surface area contributed by atoms with Crippen molar-refractivity contribution in [2.24, 2.45) is 5.10 Å². The van der Waals surface area contributed by atoms with Gasteiger partial charge in [0.2, 0.25) is 11.8 Å². The lowest BCUT2D eigenvalue weighted by molar-refractivity contribution is -0.121. The predicted molar refractivity (Wildman–Crippen MR) is 86.1 cm³/mol. The standard InChI is InChI=1S/C15H18N4O5/c1-2-3-6-12(20)18-16-8-11-13(21)17-15(23)19(14(11)22)9-10-5-4-7-24-10/h4-5,7-8,22H,2-3,6,9H2,1H3,(H,18,20)(H,17,21,23)/b16-8+. The van der Waals surface area contributed by atoms with Gasteiger partial charge in [-0.3, -0.25) is 19.1 Å². The molecule has 0 spiro atoms. The van der Waals surface area contributed by atoms with Crippen molar-refractivity contribution in [1.82, 2.24) is 15.0 Å². The minimum atomic E-state index is -0.806. The number of furan rings is 1. The third-order valence-electron chi connectivity index (χ3n) is 3.24. The zero-order valence-corrected chi connectivity index (χ0v) is 13.1. The number of nitrogens with zero attached hydrogens (tertiary/aromatic N) is 2. The highest BCUT2D eigenvalue weighted by Crippen LogP contribution is 2.11. The van der Waals surface area contributed by atoms with Crippen LogP contribution in [0.5, 0.6) is 5.88 Å². The summed E-state index contributed by atoms with van der Waals surface area (Å²) in [6.07, 6.45) is 4.33. The molecule has 2 aromatic rings. The summed E-state index contributed by atoms with van der Waals surface area (Å²) in [6, 6.07) is 3.26. The Morgan fingerprint density at radius 2 is 2.29 bits per heavy atom. The molecule has 0 saturated heterocycles. The van der Waals surface area contributed by atoms with Crippen LogP contribution in [0.3, 0.4) is 0 Å². The lowest BCUT2D eigenvalue weighted by Gasteiger charge is -2.07. The Hall–Kier alpha value is -3.10. The number of rotatable bonds is 7. The molecule has 9 heteroatoms. The van der Waals surface area contributed by atoms with E-state index in [1.54, 1.807) is 12.1 Å². The van der Waals surface area contributed by atoms with Crippen molar-refractivity contribution in [3.8, 4) is 5.88 Å². The first-order valence-electron chi connectivity index (χ1n) is 7.43. The van der Waals surface area contributed by atoms with Crippen molar-refractivity contribution in [3.63, 3.8) is 0 Å². The first-order valence-corrected chi connectivity index (χ1v) is 7.43. The van der Waals surface area contributed by atoms with Crippen LogP contribution in [0.15, 0.2) is 37.5 Å². The molecule has 0 unspecified atom stereocenters. The van der Waals surface area contributed by atoms with Crippen LogP contribution in [0.4, 0.5) is 0 Å². The molecule has 0 fully saturated rings. The molecule has 0 aromatic carbocycles. The van der Waals surface area contributed by atoms with Crippen molar-refractivity contribution in [1.29, 1.82) is 0 Å². The summed E-state index contributed by atoms with van der Waals surface area (Å²) in [4.78, 5) is 37.2. The molecule has 24 heavy (non-hydrogen) atoms. The zero-order chi connectivity index (χ0) is 17.5. The van der Waals surface area contributed by atoms with Gasteiger partial charge < -0.3 is 9.52 Å². The van der Waals surface area contributed by atoms with Crippen molar-refractivity contribution in [3.05, 3.63) is 50.6 Å². The Kier molecular flexibility index (Phi) is 5.72. The number of H-pyrrole nitrogens is 1. The molecule has 0 aliphatic carbocycles. The Bertz CT molecular complexity index is 833. The molecule has 0 saturated carbocycles. The molecule has 0 aliphatic heterocycles. The van der Waals surface area contributed by atoms with Crippen molar-refractivity contribution < 1.29 is 14.3 Å². The van der Waals surface area contributed by atoms with Crippen LogP contribution in [0.1, 0.15) is 37.5 Å². The smallest absolute Gasteiger partial charge is 0.331 e. The Labute approximate surface area is 136 Å². The highest BCUT2D eigenvalue weighted by Gasteiger charge is 2.14.